The second-order valence-corrected chi connectivity index (χ2v) is 6.24. The van der Waals surface area contributed by atoms with Crippen LogP contribution in [0.3, 0.4) is 0 Å². The molecule has 2 aromatic rings. The molecular weight excluding hydrogens is 306 g/mol. The highest BCUT2D eigenvalue weighted by atomic mass is 16.4. The minimum absolute atomic E-state index is 0.181. The highest BCUT2D eigenvalue weighted by Crippen LogP contribution is 2.34. The fraction of sp³-hybridized carbons (Fsp3) is 0.389. The van der Waals surface area contributed by atoms with Gasteiger partial charge in [0.15, 0.2) is 0 Å². The molecule has 1 aromatic carbocycles. The summed E-state index contributed by atoms with van der Waals surface area (Å²) >= 11 is 0. The van der Waals surface area contributed by atoms with E-state index in [2.05, 4.69) is 10.4 Å². The number of carbonyl (C=O) groups excluding carboxylic acids is 1. The number of aryl methyl sites for hydroxylation is 1. The quantitative estimate of drug-likeness (QED) is 0.882. The van der Waals surface area contributed by atoms with Crippen molar-refractivity contribution in [3.8, 4) is 5.69 Å². The van der Waals surface area contributed by atoms with Crippen LogP contribution in [0.25, 0.3) is 5.69 Å². The molecule has 0 bridgehead atoms. The molecule has 1 aliphatic carbocycles. The number of carboxylic acid groups (broad SMARTS) is 1. The summed E-state index contributed by atoms with van der Waals surface area (Å²) in [4.78, 5) is 23.3. The van der Waals surface area contributed by atoms with Crippen molar-refractivity contribution in [3.05, 3.63) is 47.3 Å². The topological polar surface area (TPSA) is 84.2 Å². The van der Waals surface area contributed by atoms with E-state index < -0.39 is 17.8 Å². The summed E-state index contributed by atoms with van der Waals surface area (Å²) in [5.74, 6) is -2.02. The van der Waals surface area contributed by atoms with Gasteiger partial charge in [0.25, 0.3) is 0 Å². The van der Waals surface area contributed by atoms with E-state index in [4.69, 9.17) is 5.11 Å². The first-order valence-corrected chi connectivity index (χ1v) is 8.10. The Bertz CT molecular complexity index is 767. The largest absolute Gasteiger partial charge is 0.481 e. The molecule has 1 heterocycles. The molecule has 1 aromatic heterocycles. The van der Waals surface area contributed by atoms with Gasteiger partial charge in [-0.2, -0.15) is 5.10 Å². The number of amides is 1. The predicted molar refractivity (Wildman–Crippen MR) is 88.7 cm³/mol. The number of hydrogen-bond acceptors (Lipinski definition) is 3. The second-order valence-electron chi connectivity index (χ2n) is 6.24. The van der Waals surface area contributed by atoms with Crippen molar-refractivity contribution >= 4 is 11.9 Å². The third-order valence-corrected chi connectivity index (χ3v) is 4.81. The fourth-order valence-electron chi connectivity index (χ4n) is 3.17. The standard InChI is InChI=1S/C18H21N3O3/c1-11-16(10-19-17(22)14-8-9-15(14)18(23)24)12(2)21(20-11)13-6-4-3-5-7-13/h3-7,14-15H,8-10H2,1-2H3,(H,19,22)(H,23,24). The van der Waals surface area contributed by atoms with Crippen molar-refractivity contribution in [1.82, 2.24) is 15.1 Å². The average Bonchev–Trinajstić information content (AvgIpc) is 2.79. The highest BCUT2D eigenvalue weighted by Gasteiger charge is 2.41. The van der Waals surface area contributed by atoms with Crippen LogP contribution in [0.5, 0.6) is 0 Å². The summed E-state index contributed by atoms with van der Waals surface area (Å²) in [7, 11) is 0. The van der Waals surface area contributed by atoms with Gasteiger partial charge in [-0.3, -0.25) is 9.59 Å². The van der Waals surface area contributed by atoms with Crippen LogP contribution in [-0.2, 0) is 16.1 Å². The normalized spacial score (nSPS) is 19.6. The van der Waals surface area contributed by atoms with Gasteiger partial charge in [0.05, 0.1) is 23.2 Å². The smallest absolute Gasteiger partial charge is 0.307 e. The third-order valence-electron chi connectivity index (χ3n) is 4.81. The van der Waals surface area contributed by atoms with Crippen molar-refractivity contribution in [2.45, 2.75) is 33.2 Å². The minimum atomic E-state index is -0.884. The lowest BCUT2D eigenvalue weighted by atomic mass is 9.73. The zero-order chi connectivity index (χ0) is 17.3. The van der Waals surface area contributed by atoms with Gasteiger partial charge in [-0.25, -0.2) is 4.68 Å². The summed E-state index contributed by atoms with van der Waals surface area (Å²) in [5, 5.41) is 16.5. The first kappa shape index (κ1) is 16.2. The van der Waals surface area contributed by atoms with Gasteiger partial charge in [0.2, 0.25) is 5.91 Å². The highest BCUT2D eigenvalue weighted by molar-refractivity contribution is 5.86. The maximum absolute atomic E-state index is 12.2. The van der Waals surface area contributed by atoms with E-state index in [9.17, 15) is 9.59 Å². The minimum Gasteiger partial charge on any atom is -0.481 e. The maximum Gasteiger partial charge on any atom is 0.307 e. The van der Waals surface area contributed by atoms with E-state index in [-0.39, 0.29) is 5.91 Å². The number of aromatic nitrogens is 2. The van der Waals surface area contributed by atoms with E-state index in [1.807, 2.05) is 48.9 Å². The molecule has 6 heteroatoms. The Kier molecular flexibility index (Phi) is 4.38. The Morgan fingerprint density at radius 3 is 2.46 bits per heavy atom. The van der Waals surface area contributed by atoms with E-state index >= 15 is 0 Å². The zero-order valence-electron chi connectivity index (χ0n) is 13.8. The Balaban J connectivity index is 1.71. The molecule has 0 spiro atoms. The van der Waals surface area contributed by atoms with Crippen LogP contribution in [-0.4, -0.2) is 26.8 Å². The Morgan fingerprint density at radius 2 is 1.88 bits per heavy atom. The van der Waals surface area contributed by atoms with Crippen LogP contribution in [0.1, 0.15) is 29.8 Å². The van der Waals surface area contributed by atoms with Gasteiger partial charge in [-0.15, -0.1) is 0 Å². The molecule has 0 aliphatic heterocycles. The lowest BCUT2D eigenvalue weighted by Crippen LogP contribution is -2.43. The molecule has 2 atom stereocenters. The van der Waals surface area contributed by atoms with Gasteiger partial charge >= 0.3 is 5.97 Å². The molecule has 24 heavy (non-hydrogen) atoms. The average molecular weight is 327 g/mol. The number of hydrogen-bond donors (Lipinski definition) is 2. The van der Waals surface area contributed by atoms with Gasteiger partial charge < -0.3 is 10.4 Å². The van der Waals surface area contributed by atoms with Crippen LogP contribution < -0.4 is 5.32 Å². The molecule has 0 radical (unpaired) electrons. The van der Waals surface area contributed by atoms with Gasteiger partial charge in [0, 0.05) is 17.8 Å². The van der Waals surface area contributed by atoms with E-state index in [1.165, 1.54) is 0 Å². The predicted octanol–water partition coefficient (Wildman–Crippen LogP) is 2.22. The summed E-state index contributed by atoms with van der Waals surface area (Å²) < 4.78 is 1.86. The molecule has 2 unspecified atom stereocenters. The second kappa shape index (κ2) is 6.47. The molecule has 6 nitrogen and oxygen atoms in total. The van der Waals surface area contributed by atoms with Crippen LogP contribution >= 0.6 is 0 Å². The number of benzene rings is 1. The number of carbonyl (C=O) groups is 2. The third kappa shape index (κ3) is 2.91. The van der Waals surface area contributed by atoms with Gasteiger partial charge in [-0.05, 0) is 38.8 Å². The summed E-state index contributed by atoms with van der Waals surface area (Å²) in [6, 6.07) is 9.82. The molecule has 1 saturated carbocycles. The Morgan fingerprint density at radius 1 is 1.21 bits per heavy atom. The molecule has 1 fully saturated rings. The van der Waals surface area contributed by atoms with Gasteiger partial charge in [-0.1, -0.05) is 18.2 Å². The number of aliphatic carboxylic acids is 1. The van der Waals surface area contributed by atoms with Crippen molar-refractivity contribution in [1.29, 1.82) is 0 Å². The number of para-hydroxylation sites is 1. The maximum atomic E-state index is 12.2. The lowest BCUT2D eigenvalue weighted by Gasteiger charge is -2.31. The summed E-state index contributed by atoms with van der Waals surface area (Å²) in [6.07, 6.45) is 1.22. The van der Waals surface area contributed by atoms with Crippen LogP contribution in [0.2, 0.25) is 0 Å². The number of rotatable bonds is 5. The number of nitrogens with zero attached hydrogens (tertiary/aromatic N) is 2. The van der Waals surface area contributed by atoms with Crippen molar-refractivity contribution in [2.24, 2.45) is 11.8 Å². The van der Waals surface area contributed by atoms with E-state index in [1.54, 1.807) is 0 Å². The van der Waals surface area contributed by atoms with Crippen LogP contribution in [0.15, 0.2) is 30.3 Å². The lowest BCUT2D eigenvalue weighted by molar-refractivity contribution is -0.152. The first-order chi connectivity index (χ1) is 11.5. The van der Waals surface area contributed by atoms with Crippen molar-refractivity contribution in [2.75, 3.05) is 0 Å². The van der Waals surface area contributed by atoms with Crippen LogP contribution in [0.4, 0.5) is 0 Å². The van der Waals surface area contributed by atoms with Crippen molar-refractivity contribution < 1.29 is 14.7 Å². The van der Waals surface area contributed by atoms with Crippen molar-refractivity contribution in [3.63, 3.8) is 0 Å². The number of nitrogens with one attached hydrogen (secondary N) is 1. The molecule has 1 amide bonds. The Labute approximate surface area is 140 Å². The van der Waals surface area contributed by atoms with E-state index in [0.717, 1.165) is 22.6 Å². The first-order valence-electron chi connectivity index (χ1n) is 8.10. The van der Waals surface area contributed by atoms with Crippen LogP contribution in [0, 0.1) is 25.7 Å². The SMILES string of the molecule is Cc1nn(-c2ccccc2)c(C)c1CNC(=O)C1CCC1C(=O)O. The Hall–Kier alpha value is -2.63. The van der Waals surface area contributed by atoms with Gasteiger partial charge in [0.1, 0.15) is 0 Å². The molecule has 1 aliphatic rings. The molecule has 3 rings (SSSR count). The zero-order valence-corrected chi connectivity index (χ0v) is 13.8. The molecule has 126 valence electrons. The van der Waals surface area contributed by atoms with E-state index in [0.29, 0.717) is 19.4 Å². The number of carboxylic acids is 1. The summed E-state index contributed by atoms with van der Waals surface area (Å²) in [6.45, 7) is 4.25. The summed E-state index contributed by atoms with van der Waals surface area (Å²) in [5.41, 5.74) is 3.78. The molecule has 0 saturated heterocycles. The molecule has 2 N–H and O–H groups in total. The molecular formula is C18H21N3O3. The fourth-order valence-corrected chi connectivity index (χ4v) is 3.17. The monoisotopic (exact) mass is 327 g/mol.